The van der Waals surface area contributed by atoms with Gasteiger partial charge in [-0.1, -0.05) is 0 Å². The first-order chi connectivity index (χ1) is 5.57. The summed E-state index contributed by atoms with van der Waals surface area (Å²) in [5, 5.41) is 2.23. The molecule has 0 aliphatic heterocycles. The first kappa shape index (κ1) is 8.70. The average Bonchev–Trinajstić information content (AvgIpc) is 2.01. The van der Waals surface area contributed by atoms with Gasteiger partial charge in [0.25, 0.3) is 0 Å². The molecule has 0 spiro atoms. The van der Waals surface area contributed by atoms with Crippen LogP contribution in [0.15, 0.2) is 6.07 Å². The number of nitrogens with one attached hydrogen (secondary N) is 1. The minimum Gasteiger partial charge on any atom is -0.394 e. The monoisotopic (exact) mass is 176 g/mol. The smallest absolute Gasteiger partial charge is 0.175 e. The Kier molecular flexibility index (Phi) is 2.12. The van der Waals surface area contributed by atoms with Crippen molar-refractivity contribution in [2.24, 2.45) is 0 Å². The van der Waals surface area contributed by atoms with Crippen molar-refractivity contribution in [2.75, 3.05) is 18.1 Å². The molecule has 1 aromatic carbocycles. The van der Waals surface area contributed by atoms with Gasteiger partial charge in [0, 0.05) is 13.1 Å². The van der Waals surface area contributed by atoms with E-state index in [1.165, 1.54) is 7.05 Å². The van der Waals surface area contributed by atoms with Gasteiger partial charge in [-0.25, -0.2) is 13.2 Å². The number of hydrogen-bond donors (Lipinski definition) is 2. The van der Waals surface area contributed by atoms with Crippen molar-refractivity contribution in [3.8, 4) is 0 Å². The number of anilines is 2. The van der Waals surface area contributed by atoms with Crippen LogP contribution in [0.2, 0.25) is 0 Å². The highest BCUT2D eigenvalue weighted by atomic mass is 19.1. The van der Waals surface area contributed by atoms with E-state index in [4.69, 9.17) is 5.73 Å². The second kappa shape index (κ2) is 2.92. The predicted molar refractivity (Wildman–Crippen MR) is 40.3 cm³/mol. The molecule has 5 heteroatoms. The summed E-state index contributed by atoms with van der Waals surface area (Å²) in [5.41, 5.74) is 3.87. The van der Waals surface area contributed by atoms with Crippen LogP contribution in [-0.4, -0.2) is 7.05 Å². The van der Waals surface area contributed by atoms with Crippen LogP contribution in [0.5, 0.6) is 0 Å². The summed E-state index contributed by atoms with van der Waals surface area (Å²) in [6, 6.07) is 0.532. The maximum absolute atomic E-state index is 12.9. The van der Waals surface area contributed by atoms with Crippen LogP contribution in [0, 0.1) is 17.5 Å². The van der Waals surface area contributed by atoms with Gasteiger partial charge in [-0.3, -0.25) is 0 Å². The van der Waals surface area contributed by atoms with E-state index in [0.717, 1.165) is 0 Å². The molecule has 1 rings (SSSR count). The fourth-order valence-electron chi connectivity index (χ4n) is 0.835. The molecule has 0 unspecified atom stereocenters. The highest BCUT2D eigenvalue weighted by molar-refractivity contribution is 5.57. The van der Waals surface area contributed by atoms with Crippen molar-refractivity contribution in [3.05, 3.63) is 23.5 Å². The highest BCUT2D eigenvalue weighted by Gasteiger charge is 2.14. The lowest BCUT2D eigenvalue weighted by atomic mass is 10.2. The Labute approximate surface area is 67.2 Å². The molecule has 0 aromatic heterocycles. The van der Waals surface area contributed by atoms with E-state index in [9.17, 15) is 13.2 Å². The van der Waals surface area contributed by atoms with Crippen LogP contribution < -0.4 is 11.1 Å². The standard InChI is InChI=1S/C7H7F3N2/c1-12-7-4(9)2-3(8)6(11)5(7)10/h2,12H,11H2,1H3. The number of hydrogen-bond acceptors (Lipinski definition) is 2. The normalized spacial score (nSPS) is 10.0. The van der Waals surface area contributed by atoms with Crippen molar-refractivity contribution in [1.29, 1.82) is 0 Å². The van der Waals surface area contributed by atoms with Gasteiger partial charge in [0.2, 0.25) is 0 Å². The fraction of sp³-hybridized carbons (Fsp3) is 0.143. The SMILES string of the molecule is CNc1c(F)cc(F)c(N)c1F. The number of nitrogens with two attached hydrogens (primary N) is 1. The lowest BCUT2D eigenvalue weighted by Crippen LogP contribution is -2.03. The Morgan fingerprint density at radius 3 is 2.33 bits per heavy atom. The molecular formula is C7H7F3N2. The van der Waals surface area contributed by atoms with Gasteiger partial charge in [0.15, 0.2) is 17.5 Å². The van der Waals surface area contributed by atoms with Gasteiger partial charge in [0.05, 0.1) is 0 Å². The van der Waals surface area contributed by atoms with Crippen LogP contribution in [0.25, 0.3) is 0 Å². The Balaban J connectivity index is 3.40. The van der Waals surface area contributed by atoms with Crippen LogP contribution in [0.3, 0.4) is 0 Å². The molecule has 0 atom stereocenters. The Morgan fingerprint density at radius 1 is 1.25 bits per heavy atom. The maximum atomic E-state index is 12.9. The Morgan fingerprint density at radius 2 is 1.83 bits per heavy atom. The molecule has 0 heterocycles. The Bertz CT molecular complexity index is 312. The third-order valence-corrected chi connectivity index (χ3v) is 1.46. The Hall–Kier alpha value is -1.39. The number of halogens is 3. The first-order valence-electron chi connectivity index (χ1n) is 3.18. The molecule has 1 aromatic rings. The van der Waals surface area contributed by atoms with Crippen molar-refractivity contribution in [1.82, 2.24) is 0 Å². The van der Waals surface area contributed by atoms with Gasteiger partial charge >= 0.3 is 0 Å². The van der Waals surface area contributed by atoms with Gasteiger partial charge in [-0.05, 0) is 0 Å². The number of rotatable bonds is 1. The molecule has 0 aliphatic carbocycles. The van der Waals surface area contributed by atoms with Crippen LogP contribution in [-0.2, 0) is 0 Å². The summed E-state index contributed by atoms with van der Waals surface area (Å²) in [7, 11) is 1.32. The summed E-state index contributed by atoms with van der Waals surface area (Å²) in [6.07, 6.45) is 0. The second-order valence-electron chi connectivity index (χ2n) is 2.19. The predicted octanol–water partition coefficient (Wildman–Crippen LogP) is 1.73. The zero-order chi connectivity index (χ0) is 9.30. The topological polar surface area (TPSA) is 38.0 Å². The number of benzene rings is 1. The molecule has 0 amide bonds. The minimum atomic E-state index is -1.10. The van der Waals surface area contributed by atoms with E-state index < -0.39 is 28.8 Å². The van der Waals surface area contributed by atoms with Crippen molar-refractivity contribution >= 4 is 11.4 Å². The van der Waals surface area contributed by atoms with E-state index in [0.29, 0.717) is 6.07 Å². The number of nitrogen functional groups attached to an aromatic ring is 1. The van der Waals surface area contributed by atoms with Gasteiger partial charge < -0.3 is 11.1 Å². The summed E-state index contributed by atoms with van der Waals surface area (Å²) < 4.78 is 38.1. The molecule has 3 N–H and O–H groups in total. The molecule has 0 radical (unpaired) electrons. The van der Waals surface area contributed by atoms with Crippen molar-refractivity contribution in [2.45, 2.75) is 0 Å². The molecule has 12 heavy (non-hydrogen) atoms. The van der Waals surface area contributed by atoms with Crippen LogP contribution in [0.1, 0.15) is 0 Å². The summed E-state index contributed by atoms with van der Waals surface area (Å²) >= 11 is 0. The first-order valence-corrected chi connectivity index (χ1v) is 3.18. The highest BCUT2D eigenvalue weighted by Crippen LogP contribution is 2.25. The van der Waals surface area contributed by atoms with Gasteiger partial charge in [0.1, 0.15) is 11.4 Å². The van der Waals surface area contributed by atoms with Crippen LogP contribution >= 0.6 is 0 Å². The minimum absolute atomic E-state index is 0.422. The summed E-state index contributed by atoms with van der Waals surface area (Å²) in [4.78, 5) is 0. The summed E-state index contributed by atoms with van der Waals surface area (Å²) in [6.45, 7) is 0. The summed E-state index contributed by atoms with van der Waals surface area (Å²) in [5.74, 6) is -3.19. The second-order valence-corrected chi connectivity index (χ2v) is 2.19. The fourth-order valence-corrected chi connectivity index (χ4v) is 0.835. The molecule has 0 bridgehead atoms. The van der Waals surface area contributed by atoms with E-state index in [1.54, 1.807) is 0 Å². The third kappa shape index (κ3) is 1.17. The molecule has 0 saturated heterocycles. The quantitative estimate of drug-likeness (QED) is 0.639. The van der Waals surface area contributed by atoms with E-state index >= 15 is 0 Å². The van der Waals surface area contributed by atoms with Gasteiger partial charge in [-0.15, -0.1) is 0 Å². The average molecular weight is 176 g/mol. The zero-order valence-corrected chi connectivity index (χ0v) is 6.29. The largest absolute Gasteiger partial charge is 0.394 e. The lowest BCUT2D eigenvalue weighted by molar-refractivity contribution is 0.554. The van der Waals surface area contributed by atoms with E-state index in [-0.39, 0.29) is 0 Å². The third-order valence-electron chi connectivity index (χ3n) is 1.46. The van der Waals surface area contributed by atoms with Crippen molar-refractivity contribution < 1.29 is 13.2 Å². The van der Waals surface area contributed by atoms with Gasteiger partial charge in [-0.2, -0.15) is 0 Å². The van der Waals surface area contributed by atoms with Crippen LogP contribution in [0.4, 0.5) is 24.5 Å². The molecule has 2 nitrogen and oxygen atoms in total. The molecule has 66 valence electrons. The van der Waals surface area contributed by atoms with E-state index in [1.807, 2.05) is 0 Å². The molecule has 0 fully saturated rings. The maximum Gasteiger partial charge on any atom is 0.175 e. The molecule has 0 aliphatic rings. The zero-order valence-electron chi connectivity index (χ0n) is 6.29. The van der Waals surface area contributed by atoms with E-state index in [2.05, 4.69) is 5.32 Å². The molecule has 0 saturated carbocycles. The lowest BCUT2D eigenvalue weighted by Gasteiger charge is -2.06. The molecular weight excluding hydrogens is 169 g/mol. The van der Waals surface area contributed by atoms with Crippen molar-refractivity contribution in [3.63, 3.8) is 0 Å².